The molecule has 0 aliphatic heterocycles. The van der Waals surface area contributed by atoms with E-state index in [0.717, 1.165) is 0 Å². The van der Waals surface area contributed by atoms with Gasteiger partial charge in [-0.05, 0) is 17.7 Å². The van der Waals surface area contributed by atoms with Crippen LogP contribution in [0.15, 0.2) is 23.3 Å². The van der Waals surface area contributed by atoms with Gasteiger partial charge < -0.3 is 11.5 Å². The maximum Gasteiger partial charge on any atom is 0.222 e. The van der Waals surface area contributed by atoms with E-state index in [4.69, 9.17) is 17.0 Å². The minimum Gasteiger partial charge on any atom is -0.383 e. The predicted molar refractivity (Wildman–Crippen MR) is 64.4 cm³/mol. The van der Waals surface area contributed by atoms with E-state index in [1.54, 1.807) is 18.2 Å². The Kier molecular flexibility index (Phi) is 3.34. The van der Waals surface area contributed by atoms with E-state index < -0.39 is 0 Å². The van der Waals surface area contributed by atoms with Crippen LogP contribution in [0.1, 0.15) is 0 Å². The van der Waals surface area contributed by atoms with Crippen molar-refractivity contribution in [2.24, 2.45) is 5.11 Å². The summed E-state index contributed by atoms with van der Waals surface area (Å²) < 4.78 is 0. The van der Waals surface area contributed by atoms with Crippen molar-refractivity contribution in [2.75, 3.05) is 11.5 Å². The van der Waals surface area contributed by atoms with Gasteiger partial charge in [0.25, 0.3) is 0 Å². The number of nitrogens with two attached hydrogens (primary N) is 2. The van der Waals surface area contributed by atoms with Crippen molar-refractivity contribution in [1.82, 2.24) is 9.97 Å². The topological polar surface area (TPSA) is 127 Å². The maximum atomic E-state index is 8.28. The van der Waals surface area contributed by atoms with Crippen molar-refractivity contribution in [2.45, 2.75) is 0 Å². The Bertz CT molecular complexity index is 576. The largest absolute Gasteiger partial charge is 0.383 e. The molecule has 1 aromatic carbocycles. The van der Waals surface area contributed by atoms with Gasteiger partial charge in [0.1, 0.15) is 5.82 Å². The molecule has 0 fully saturated rings. The summed E-state index contributed by atoms with van der Waals surface area (Å²) in [6.45, 7) is 0. The fourth-order valence-electron chi connectivity index (χ4n) is 1.27. The molecule has 0 atom stereocenters. The Hall–Kier alpha value is -2.24. The Balaban J connectivity index is 0.00000128. The summed E-state index contributed by atoms with van der Waals surface area (Å²) in [6, 6.07) is 4.92. The van der Waals surface area contributed by atoms with Crippen molar-refractivity contribution in [3.8, 4) is 0 Å². The summed E-state index contributed by atoms with van der Waals surface area (Å²) in [5, 5.41) is 4.08. The van der Waals surface area contributed by atoms with Crippen molar-refractivity contribution < 1.29 is 0 Å². The van der Waals surface area contributed by atoms with Crippen LogP contribution in [0.3, 0.4) is 0 Å². The zero-order chi connectivity index (χ0) is 10.8. The van der Waals surface area contributed by atoms with Gasteiger partial charge in [-0.25, -0.2) is 4.98 Å². The zero-order valence-corrected chi connectivity index (χ0v) is 8.85. The quantitative estimate of drug-likeness (QED) is 0.447. The molecule has 2 rings (SSSR count). The molecule has 7 nitrogen and oxygen atoms in total. The molecule has 1 aromatic heterocycles. The van der Waals surface area contributed by atoms with E-state index in [9.17, 15) is 0 Å². The summed E-state index contributed by atoms with van der Waals surface area (Å²) in [6.07, 6.45) is 0. The molecule has 0 spiro atoms. The van der Waals surface area contributed by atoms with Crippen LogP contribution in [0.4, 0.5) is 17.5 Å². The van der Waals surface area contributed by atoms with Crippen LogP contribution >= 0.6 is 12.4 Å². The molecule has 0 aliphatic rings. The van der Waals surface area contributed by atoms with Gasteiger partial charge in [0.2, 0.25) is 5.95 Å². The van der Waals surface area contributed by atoms with Crippen LogP contribution < -0.4 is 11.5 Å². The van der Waals surface area contributed by atoms with Gasteiger partial charge in [0.15, 0.2) is 0 Å². The summed E-state index contributed by atoms with van der Waals surface area (Å²) in [4.78, 5) is 10.5. The molecule has 0 saturated carbocycles. The van der Waals surface area contributed by atoms with Gasteiger partial charge >= 0.3 is 0 Å². The van der Waals surface area contributed by atoms with Crippen LogP contribution in [0.5, 0.6) is 0 Å². The first kappa shape index (κ1) is 11.8. The number of nitrogens with zero attached hydrogens (tertiary/aromatic N) is 5. The molecule has 4 N–H and O–H groups in total. The van der Waals surface area contributed by atoms with Crippen molar-refractivity contribution in [3.05, 3.63) is 28.6 Å². The van der Waals surface area contributed by atoms with Gasteiger partial charge in [0.05, 0.1) is 5.52 Å². The van der Waals surface area contributed by atoms with E-state index in [1.165, 1.54) is 0 Å². The normalized spacial score (nSPS) is 9.25. The fraction of sp³-hybridized carbons (Fsp3) is 0. The number of azide groups is 1. The first-order valence-corrected chi connectivity index (χ1v) is 4.08. The molecule has 0 bridgehead atoms. The third-order valence-electron chi connectivity index (χ3n) is 1.89. The molecule has 82 valence electrons. The van der Waals surface area contributed by atoms with Crippen molar-refractivity contribution in [3.63, 3.8) is 0 Å². The lowest BCUT2D eigenvalue weighted by Crippen LogP contribution is -2.00. The van der Waals surface area contributed by atoms with Crippen LogP contribution in [0.25, 0.3) is 21.3 Å². The minimum atomic E-state index is 0. The van der Waals surface area contributed by atoms with E-state index >= 15 is 0 Å². The zero-order valence-electron chi connectivity index (χ0n) is 8.03. The highest BCUT2D eigenvalue weighted by molar-refractivity contribution is 5.90. The summed E-state index contributed by atoms with van der Waals surface area (Å²) >= 11 is 0. The number of aromatic nitrogens is 2. The number of rotatable bonds is 1. The van der Waals surface area contributed by atoms with Gasteiger partial charge in [-0.1, -0.05) is 11.2 Å². The molecule has 0 radical (unpaired) electrons. The smallest absolute Gasteiger partial charge is 0.222 e. The van der Waals surface area contributed by atoms with Gasteiger partial charge in [0, 0.05) is 16.0 Å². The Morgan fingerprint density at radius 3 is 2.69 bits per heavy atom. The molecule has 16 heavy (non-hydrogen) atoms. The SMILES string of the molecule is Cl.[N-]=[N+]=Nc1ccc2nc(N)nc(N)c2c1. The number of nitrogen functional groups attached to an aromatic ring is 2. The second kappa shape index (κ2) is 4.52. The lowest BCUT2D eigenvalue weighted by molar-refractivity contribution is 1.24. The number of benzene rings is 1. The number of halogens is 1. The Morgan fingerprint density at radius 1 is 1.25 bits per heavy atom. The molecule has 0 aliphatic carbocycles. The van der Waals surface area contributed by atoms with Gasteiger partial charge in [-0.2, -0.15) is 4.98 Å². The average Bonchev–Trinajstić information content (AvgIpc) is 2.19. The summed E-state index contributed by atoms with van der Waals surface area (Å²) in [7, 11) is 0. The number of hydrogen-bond donors (Lipinski definition) is 2. The van der Waals surface area contributed by atoms with Crippen molar-refractivity contribution in [1.29, 1.82) is 0 Å². The molecular formula is C8H8ClN7. The molecule has 0 saturated heterocycles. The second-order valence-corrected chi connectivity index (χ2v) is 2.86. The van der Waals surface area contributed by atoms with Gasteiger partial charge in [-0.3, -0.25) is 0 Å². The van der Waals surface area contributed by atoms with E-state index in [2.05, 4.69) is 20.0 Å². The van der Waals surface area contributed by atoms with E-state index in [-0.39, 0.29) is 24.2 Å². The molecule has 2 aromatic rings. The van der Waals surface area contributed by atoms with Crippen LogP contribution in [-0.2, 0) is 0 Å². The highest BCUT2D eigenvalue weighted by atomic mass is 35.5. The third kappa shape index (κ3) is 2.05. The number of hydrogen-bond acceptors (Lipinski definition) is 5. The monoisotopic (exact) mass is 237 g/mol. The average molecular weight is 238 g/mol. The molecule has 0 amide bonds. The highest BCUT2D eigenvalue weighted by Crippen LogP contribution is 2.24. The highest BCUT2D eigenvalue weighted by Gasteiger charge is 2.03. The molecule has 1 heterocycles. The molecule has 8 heteroatoms. The van der Waals surface area contributed by atoms with Crippen LogP contribution in [0.2, 0.25) is 0 Å². The minimum absolute atomic E-state index is 0. The fourth-order valence-corrected chi connectivity index (χ4v) is 1.27. The lowest BCUT2D eigenvalue weighted by Gasteiger charge is -2.02. The summed E-state index contributed by atoms with van der Waals surface area (Å²) in [5.41, 5.74) is 20.5. The van der Waals surface area contributed by atoms with E-state index in [1.807, 2.05) is 0 Å². The maximum absolute atomic E-state index is 8.28. The first-order valence-electron chi connectivity index (χ1n) is 4.08. The number of anilines is 2. The summed E-state index contributed by atoms with van der Waals surface area (Å²) in [5.74, 6) is 0.393. The standard InChI is InChI=1S/C8H7N7.ClH/c9-7-5-3-4(14-15-11)1-2-6(5)12-8(10)13-7;/h1-3H,(H4,9,10,12,13);1H. The third-order valence-corrected chi connectivity index (χ3v) is 1.89. The van der Waals surface area contributed by atoms with E-state index in [0.29, 0.717) is 16.6 Å². The first-order chi connectivity index (χ1) is 7.20. The predicted octanol–water partition coefficient (Wildman–Crippen LogP) is 2.16. The molecular weight excluding hydrogens is 230 g/mol. The second-order valence-electron chi connectivity index (χ2n) is 2.86. The Morgan fingerprint density at radius 2 is 2.00 bits per heavy atom. The lowest BCUT2D eigenvalue weighted by atomic mass is 10.2. The number of fused-ring (bicyclic) bond motifs is 1. The van der Waals surface area contributed by atoms with Crippen LogP contribution in [-0.4, -0.2) is 9.97 Å². The van der Waals surface area contributed by atoms with Crippen LogP contribution in [0, 0.1) is 0 Å². The van der Waals surface area contributed by atoms with Crippen molar-refractivity contribution >= 4 is 40.8 Å². The Labute approximate surface area is 96.5 Å². The van der Waals surface area contributed by atoms with Gasteiger partial charge in [-0.15, -0.1) is 12.4 Å². The molecule has 0 unspecified atom stereocenters.